The highest BCUT2D eigenvalue weighted by atomic mass is 32.1. The fourth-order valence-corrected chi connectivity index (χ4v) is 3.64. The number of hydrogen-bond donors (Lipinski definition) is 2. The van der Waals surface area contributed by atoms with E-state index in [1.807, 2.05) is 6.07 Å². The van der Waals surface area contributed by atoms with Crippen LogP contribution in [0.1, 0.15) is 0 Å². The van der Waals surface area contributed by atoms with Crippen LogP contribution in [0.5, 0.6) is 0 Å². The first-order valence-electron chi connectivity index (χ1n) is 9.16. The number of nitrogens with zero attached hydrogens (tertiary/aromatic N) is 4. The summed E-state index contributed by atoms with van der Waals surface area (Å²) in [6.45, 7) is 3.58. The van der Waals surface area contributed by atoms with Crippen molar-refractivity contribution < 1.29 is 0 Å². The lowest BCUT2D eigenvalue weighted by molar-refractivity contribution is 0.425. The molecule has 0 spiro atoms. The van der Waals surface area contributed by atoms with Crippen molar-refractivity contribution in [2.75, 3.05) is 65.0 Å². The molecule has 144 valence electrons. The molecule has 6 nitrogen and oxygen atoms in total. The van der Waals surface area contributed by atoms with Crippen LogP contribution in [0, 0.1) is 0 Å². The third-order valence-corrected chi connectivity index (χ3v) is 5.21. The van der Waals surface area contributed by atoms with Gasteiger partial charge in [0.15, 0.2) is 5.82 Å². The average molecular weight is 385 g/mol. The summed E-state index contributed by atoms with van der Waals surface area (Å²) in [4.78, 5) is 14.9. The second kappa shape index (κ2) is 9.12. The van der Waals surface area contributed by atoms with Gasteiger partial charge in [0, 0.05) is 36.9 Å². The van der Waals surface area contributed by atoms with Gasteiger partial charge in [-0.3, -0.25) is 0 Å². The number of rotatable bonds is 9. The van der Waals surface area contributed by atoms with Gasteiger partial charge < -0.3 is 20.4 Å². The molecule has 0 saturated heterocycles. The number of anilines is 2. The third-order valence-electron chi connectivity index (χ3n) is 4.10. The molecule has 3 aromatic rings. The van der Waals surface area contributed by atoms with Crippen molar-refractivity contribution in [3.8, 4) is 10.7 Å². The van der Waals surface area contributed by atoms with Crippen LogP contribution in [0.4, 0.5) is 11.6 Å². The van der Waals surface area contributed by atoms with Crippen molar-refractivity contribution in [1.82, 2.24) is 19.8 Å². The Morgan fingerprint density at radius 3 is 2.00 bits per heavy atom. The van der Waals surface area contributed by atoms with Gasteiger partial charge >= 0.3 is 0 Å². The van der Waals surface area contributed by atoms with E-state index < -0.39 is 0 Å². The Hall–Kier alpha value is -2.22. The average Bonchev–Trinajstić information content (AvgIpc) is 3.05. The zero-order valence-electron chi connectivity index (χ0n) is 16.5. The molecule has 2 aromatic heterocycles. The fourth-order valence-electron chi connectivity index (χ4n) is 2.65. The molecule has 0 aliphatic carbocycles. The van der Waals surface area contributed by atoms with E-state index in [9.17, 15) is 0 Å². The minimum Gasteiger partial charge on any atom is -0.369 e. The zero-order chi connectivity index (χ0) is 19.2. The molecule has 0 fully saturated rings. The van der Waals surface area contributed by atoms with E-state index in [0.717, 1.165) is 48.5 Å². The van der Waals surface area contributed by atoms with E-state index in [4.69, 9.17) is 9.97 Å². The molecule has 0 aliphatic rings. The van der Waals surface area contributed by atoms with E-state index >= 15 is 0 Å². The molecule has 2 N–H and O–H groups in total. The molecule has 0 unspecified atom stereocenters. The smallest absolute Gasteiger partial charge is 0.173 e. The van der Waals surface area contributed by atoms with Crippen molar-refractivity contribution in [3.63, 3.8) is 0 Å². The van der Waals surface area contributed by atoms with Crippen LogP contribution in [-0.4, -0.2) is 74.1 Å². The van der Waals surface area contributed by atoms with Gasteiger partial charge in [0.05, 0.1) is 4.88 Å². The number of likely N-dealkylation sites (N-methyl/N-ethyl adjacent to an activating group) is 2. The SMILES string of the molecule is CN(C)CCNc1cc(NCCN(C)C)nc(-c2cc3ccccc3s2)n1. The summed E-state index contributed by atoms with van der Waals surface area (Å²) in [7, 11) is 8.27. The van der Waals surface area contributed by atoms with Crippen molar-refractivity contribution in [2.24, 2.45) is 0 Å². The van der Waals surface area contributed by atoms with E-state index in [0.29, 0.717) is 0 Å². The van der Waals surface area contributed by atoms with Gasteiger partial charge in [-0.15, -0.1) is 11.3 Å². The van der Waals surface area contributed by atoms with Gasteiger partial charge in [-0.1, -0.05) is 18.2 Å². The standard InChI is InChI=1S/C20H28N6S/c1-25(2)11-9-21-18-14-19(22-10-12-26(3)4)24-20(23-18)17-13-15-7-5-6-8-16(15)27-17/h5-8,13-14H,9-12H2,1-4H3,(H2,21,22,23,24). The van der Waals surface area contributed by atoms with Crippen molar-refractivity contribution >= 4 is 33.1 Å². The molecular weight excluding hydrogens is 356 g/mol. The molecule has 0 aliphatic heterocycles. The Bertz CT molecular complexity index is 809. The highest BCUT2D eigenvalue weighted by Gasteiger charge is 2.10. The molecule has 0 saturated carbocycles. The molecule has 7 heteroatoms. The Morgan fingerprint density at radius 2 is 1.44 bits per heavy atom. The van der Waals surface area contributed by atoms with Gasteiger partial charge in [0.2, 0.25) is 0 Å². The van der Waals surface area contributed by atoms with Gasteiger partial charge in [-0.2, -0.15) is 0 Å². The van der Waals surface area contributed by atoms with Crippen LogP contribution in [0.25, 0.3) is 20.8 Å². The number of fused-ring (bicyclic) bond motifs is 1. The molecule has 3 rings (SSSR count). The number of hydrogen-bond acceptors (Lipinski definition) is 7. The second-order valence-corrected chi connectivity index (χ2v) is 8.15. The minimum absolute atomic E-state index is 0.762. The highest BCUT2D eigenvalue weighted by Crippen LogP contribution is 2.32. The summed E-state index contributed by atoms with van der Waals surface area (Å²) in [6.07, 6.45) is 0. The first kappa shape index (κ1) is 19.5. The maximum atomic E-state index is 4.76. The highest BCUT2D eigenvalue weighted by molar-refractivity contribution is 7.22. The molecule has 0 amide bonds. The number of nitrogens with one attached hydrogen (secondary N) is 2. The monoisotopic (exact) mass is 384 g/mol. The van der Waals surface area contributed by atoms with Crippen molar-refractivity contribution in [2.45, 2.75) is 0 Å². The van der Waals surface area contributed by atoms with Gasteiger partial charge in [0.25, 0.3) is 0 Å². The fraction of sp³-hybridized carbons (Fsp3) is 0.400. The van der Waals surface area contributed by atoms with E-state index in [1.54, 1.807) is 11.3 Å². The summed E-state index contributed by atoms with van der Waals surface area (Å²) < 4.78 is 1.25. The molecule has 1 aromatic carbocycles. The summed E-state index contributed by atoms with van der Waals surface area (Å²) in [5.41, 5.74) is 0. The Balaban J connectivity index is 1.85. The lowest BCUT2D eigenvalue weighted by Crippen LogP contribution is -2.22. The summed E-state index contributed by atoms with van der Waals surface area (Å²) in [5, 5.41) is 8.07. The Labute approximate surface area is 165 Å². The summed E-state index contributed by atoms with van der Waals surface area (Å²) in [6, 6.07) is 12.6. The molecule has 0 bridgehead atoms. The third kappa shape index (κ3) is 5.63. The maximum Gasteiger partial charge on any atom is 0.173 e. The molecule has 0 atom stereocenters. The van der Waals surface area contributed by atoms with Gasteiger partial charge in [0.1, 0.15) is 11.6 Å². The van der Waals surface area contributed by atoms with Crippen molar-refractivity contribution in [1.29, 1.82) is 0 Å². The first-order chi connectivity index (χ1) is 13.0. The molecule has 2 heterocycles. The molecular formula is C20H28N6S. The number of benzene rings is 1. The van der Waals surface area contributed by atoms with Gasteiger partial charge in [-0.25, -0.2) is 9.97 Å². The summed E-state index contributed by atoms with van der Waals surface area (Å²) >= 11 is 1.73. The normalized spacial score (nSPS) is 11.5. The Morgan fingerprint density at radius 1 is 0.852 bits per heavy atom. The van der Waals surface area contributed by atoms with Crippen LogP contribution in [0.3, 0.4) is 0 Å². The molecule has 0 radical (unpaired) electrons. The van der Waals surface area contributed by atoms with Crippen LogP contribution < -0.4 is 10.6 Å². The van der Waals surface area contributed by atoms with Crippen LogP contribution >= 0.6 is 11.3 Å². The van der Waals surface area contributed by atoms with Gasteiger partial charge in [-0.05, 0) is 45.7 Å². The van der Waals surface area contributed by atoms with E-state index in [1.165, 1.54) is 10.1 Å². The van der Waals surface area contributed by atoms with E-state index in [2.05, 4.69) is 79.0 Å². The van der Waals surface area contributed by atoms with Crippen molar-refractivity contribution in [3.05, 3.63) is 36.4 Å². The zero-order valence-corrected chi connectivity index (χ0v) is 17.3. The lowest BCUT2D eigenvalue weighted by Gasteiger charge is -2.14. The second-order valence-electron chi connectivity index (χ2n) is 7.07. The lowest BCUT2D eigenvalue weighted by atomic mass is 10.2. The quantitative estimate of drug-likeness (QED) is 0.590. The van der Waals surface area contributed by atoms with Crippen LogP contribution in [0.2, 0.25) is 0 Å². The molecule has 27 heavy (non-hydrogen) atoms. The largest absolute Gasteiger partial charge is 0.369 e. The minimum atomic E-state index is 0.762. The van der Waals surface area contributed by atoms with E-state index in [-0.39, 0.29) is 0 Å². The predicted molar refractivity (Wildman–Crippen MR) is 117 cm³/mol. The Kier molecular flexibility index (Phi) is 6.60. The number of thiophene rings is 1. The predicted octanol–water partition coefficient (Wildman–Crippen LogP) is 3.31. The summed E-state index contributed by atoms with van der Waals surface area (Å²) in [5.74, 6) is 2.47. The topological polar surface area (TPSA) is 56.3 Å². The van der Waals surface area contributed by atoms with Crippen LogP contribution in [0.15, 0.2) is 36.4 Å². The first-order valence-corrected chi connectivity index (χ1v) is 9.98. The van der Waals surface area contributed by atoms with Crippen LogP contribution in [-0.2, 0) is 0 Å². The number of aromatic nitrogens is 2. The maximum absolute atomic E-state index is 4.76.